The van der Waals surface area contributed by atoms with Gasteiger partial charge < -0.3 is 9.47 Å². The summed E-state index contributed by atoms with van der Waals surface area (Å²) in [7, 11) is 1.48. The van der Waals surface area contributed by atoms with Gasteiger partial charge in [-0.1, -0.05) is 6.07 Å². The van der Waals surface area contributed by atoms with Crippen LogP contribution in [0.25, 0.3) is 0 Å². The summed E-state index contributed by atoms with van der Waals surface area (Å²) >= 11 is 3.25. The zero-order valence-corrected chi connectivity index (χ0v) is 14.2. The summed E-state index contributed by atoms with van der Waals surface area (Å²) in [6, 6.07) is 10.3. The lowest BCUT2D eigenvalue weighted by molar-refractivity contribution is -0.123. The van der Waals surface area contributed by atoms with E-state index in [9.17, 15) is 14.0 Å². The molecule has 0 fully saturated rings. The molecular weight excluding hydrogens is 383 g/mol. The Bertz CT molecular complexity index is 755. The van der Waals surface area contributed by atoms with E-state index in [0.29, 0.717) is 15.8 Å². The fourth-order valence-electron chi connectivity index (χ4n) is 1.74. The number of hydrazine groups is 1. The topological polar surface area (TPSA) is 76.7 Å². The molecule has 0 radical (unpaired) electrons. The largest absolute Gasteiger partial charge is 0.497 e. The first-order chi connectivity index (χ1) is 11.5. The molecule has 6 nitrogen and oxygen atoms in total. The molecule has 126 valence electrons. The van der Waals surface area contributed by atoms with Crippen molar-refractivity contribution in [2.75, 3.05) is 13.7 Å². The Kier molecular flexibility index (Phi) is 6.14. The van der Waals surface area contributed by atoms with Gasteiger partial charge in [0, 0.05) is 10.5 Å². The van der Waals surface area contributed by atoms with Crippen LogP contribution in [-0.2, 0) is 4.79 Å². The number of rotatable bonds is 5. The molecule has 0 bridgehead atoms. The molecule has 0 spiro atoms. The van der Waals surface area contributed by atoms with Crippen LogP contribution in [0.15, 0.2) is 46.9 Å². The van der Waals surface area contributed by atoms with Crippen molar-refractivity contribution < 1.29 is 23.5 Å². The van der Waals surface area contributed by atoms with Gasteiger partial charge in [0.15, 0.2) is 6.61 Å². The minimum atomic E-state index is -0.591. The van der Waals surface area contributed by atoms with Gasteiger partial charge >= 0.3 is 0 Å². The van der Waals surface area contributed by atoms with Gasteiger partial charge in [0.25, 0.3) is 11.8 Å². The number of benzene rings is 2. The van der Waals surface area contributed by atoms with E-state index in [-0.39, 0.29) is 12.4 Å². The summed E-state index contributed by atoms with van der Waals surface area (Å²) in [6.45, 7) is -0.372. The third kappa shape index (κ3) is 4.95. The zero-order valence-electron chi connectivity index (χ0n) is 12.6. The van der Waals surface area contributed by atoms with Crippen molar-refractivity contribution in [2.24, 2.45) is 0 Å². The lowest BCUT2D eigenvalue weighted by Gasteiger charge is -2.10. The molecule has 0 aromatic heterocycles. The van der Waals surface area contributed by atoms with Gasteiger partial charge in [-0.25, -0.2) is 4.39 Å². The lowest BCUT2D eigenvalue weighted by Crippen LogP contribution is -2.43. The maximum Gasteiger partial charge on any atom is 0.276 e. The highest BCUT2D eigenvalue weighted by Crippen LogP contribution is 2.22. The Hall–Kier alpha value is -2.61. The number of halogens is 2. The minimum Gasteiger partial charge on any atom is -0.497 e. The molecular formula is C16H14BrFN2O4. The van der Waals surface area contributed by atoms with Gasteiger partial charge in [0.05, 0.1) is 12.7 Å². The van der Waals surface area contributed by atoms with E-state index >= 15 is 0 Å². The average molecular weight is 397 g/mol. The number of carbonyl (C=O) groups excluding carboxylic acids is 2. The molecule has 2 rings (SSSR count). The second kappa shape index (κ2) is 8.30. The summed E-state index contributed by atoms with van der Waals surface area (Å²) < 4.78 is 23.7. The fourth-order valence-corrected chi connectivity index (χ4v) is 2.17. The van der Waals surface area contributed by atoms with E-state index in [1.54, 1.807) is 12.1 Å². The molecule has 2 amide bonds. The maximum absolute atomic E-state index is 13.0. The van der Waals surface area contributed by atoms with E-state index in [0.717, 1.165) is 6.07 Å². The van der Waals surface area contributed by atoms with E-state index in [2.05, 4.69) is 26.8 Å². The standard InChI is InChI=1S/C16H14BrFN2O4/c1-23-11-5-6-14(17)13(8-11)16(22)20-19-15(21)9-24-12-4-2-3-10(18)7-12/h2-8H,9H2,1H3,(H,19,21)(H,20,22). The van der Waals surface area contributed by atoms with Crippen molar-refractivity contribution in [3.63, 3.8) is 0 Å². The second-order valence-corrected chi connectivity index (χ2v) is 5.45. The van der Waals surface area contributed by atoms with Crippen molar-refractivity contribution in [2.45, 2.75) is 0 Å². The molecule has 0 unspecified atom stereocenters. The van der Waals surface area contributed by atoms with Gasteiger partial charge in [-0.05, 0) is 46.3 Å². The van der Waals surface area contributed by atoms with Crippen LogP contribution >= 0.6 is 15.9 Å². The third-order valence-electron chi connectivity index (χ3n) is 2.90. The van der Waals surface area contributed by atoms with Crippen LogP contribution in [0.4, 0.5) is 4.39 Å². The smallest absolute Gasteiger partial charge is 0.276 e. The molecule has 0 atom stereocenters. The van der Waals surface area contributed by atoms with Crippen LogP contribution in [0.3, 0.4) is 0 Å². The van der Waals surface area contributed by atoms with E-state index in [4.69, 9.17) is 9.47 Å². The summed E-state index contributed by atoms with van der Waals surface area (Å²) in [5, 5.41) is 0. The molecule has 0 aliphatic heterocycles. The summed E-state index contributed by atoms with van der Waals surface area (Å²) in [6.07, 6.45) is 0. The normalized spacial score (nSPS) is 9.96. The molecule has 0 saturated carbocycles. The molecule has 2 N–H and O–H groups in total. The predicted molar refractivity (Wildman–Crippen MR) is 88.2 cm³/mol. The molecule has 0 heterocycles. The van der Waals surface area contributed by atoms with Crippen LogP contribution in [0, 0.1) is 5.82 Å². The van der Waals surface area contributed by atoms with Crippen molar-refractivity contribution in [1.82, 2.24) is 10.9 Å². The summed E-state index contributed by atoms with van der Waals surface area (Å²) in [5.74, 6) is -0.869. The number of hydrogen-bond acceptors (Lipinski definition) is 4. The van der Waals surface area contributed by atoms with Crippen LogP contribution in [0.1, 0.15) is 10.4 Å². The van der Waals surface area contributed by atoms with Crippen molar-refractivity contribution in [3.8, 4) is 11.5 Å². The molecule has 0 aliphatic rings. The number of hydrogen-bond donors (Lipinski definition) is 2. The van der Waals surface area contributed by atoms with Gasteiger partial charge in [0.2, 0.25) is 0 Å². The number of amides is 2. The van der Waals surface area contributed by atoms with Gasteiger partial charge in [0.1, 0.15) is 17.3 Å². The van der Waals surface area contributed by atoms with Crippen LogP contribution in [0.2, 0.25) is 0 Å². The third-order valence-corrected chi connectivity index (χ3v) is 3.59. The highest BCUT2D eigenvalue weighted by atomic mass is 79.9. The Morgan fingerprint density at radius 2 is 1.92 bits per heavy atom. The SMILES string of the molecule is COc1ccc(Br)c(C(=O)NNC(=O)COc2cccc(F)c2)c1. The van der Waals surface area contributed by atoms with Gasteiger partial charge in [-0.3, -0.25) is 20.4 Å². The minimum absolute atomic E-state index is 0.215. The lowest BCUT2D eigenvalue weighted by atomic mass is 10.2. The first kappa shape index (κ1) is 17.7. The number of carbonyl (C=O) groups is 2. The zero-order chi connectivity index (χ0) is 17.5. The highest BCUT2D eigenvalue weighted by molar-refractivity contribution is 9.10. The first-order valence-corrected chi connectivity index (χ1v) is 7.60. The summed E-state index contributed by atoms with van der Waals surface area (Å²) in [5.41, 5.74) is 4.76. The van der Waals surface area contributed by atoms with Crippen molar-refractivity contribution in [3.05, 3.63) is 58.3 Å². The maximum atomic E-state index is 13.0. The highest BCUT2D eigenvalue weighted by Gasteiger charge is 2.12. The second-order valence-electron chi connectivity index (χ2n) is 4.59. The number of methoxy groups -OCH3 is 1. The molecule has 2 aromatic rings. The van der Waals surface area contributed by atoms with Gasteiger partial charge in [-0.15, -0.1) is 0 Å². The monoisotopic (exact) mass is 396 g/mol. The van der Waals surface area contributed by atoms with Crippen LogP contribution in [-0.4, -0.2) is 25.5 Å². The van der Waals surface area contributed by atoms with Crippen LogP contribution < -0.4 is 20.3 Å². The van der Waals surface area contributed by atoms with E-state index < -0.39 is 17.6 Å². The van der Waals surface area contributed by atoms with E-state index in [1.807, 2.05) is 0 Å². The average Bonchev–Trinajstić information content (AvgIpc) is 2.58. The molecule has 24 heavy (non-hydrogen) atoms. The van der Waals surface area contributed by atoms with Crippen molar-refractivity contribution in [1.29, 1.82) is 0 Å². The molecule has 0 saturated heterocycles. The molecule has 2 aromatic carbocycles. The Balaban J connectivity index is 1.86. The first-order valence-electron chi connectivity index (χ1n) is 6.80. The predicted octanol–water partition coefficient (Wildman–Crippen LogP) is 2.44. The Morgan fingerprint density at radius 3 is 2.62 bits per heavy atom. The Morgan fingerprint density at radius 1 is 1.12 bits per heavy atom. The van der Waals surface area contributed by atoms with Gasteiger partial charge in [-0.2, -0.15) is 0 Å². The van der Waals surface area contributed by atoms with Crippen molar-refractivity contribution >= 4 is 27.7 Å². The molecule has 8 heteroatoms. The fraction of sp³-hybridized carbons (Fsp3) is 0.125. The number of nitrogens with one attached hydrogen (secondary N) is 2. The van der Waals surface area contributed by atoms with Crippen LogP contribution in [0.5, 0.6) is 11.5 Å². The quantitative estimate of drug-likeness (QED) is 0.760. The number of ether oxygens (including phenoxy) is 2. The Labute approximate surface area is 146 Å². The summed E-state index contributed by atoms with van der Waals surface area (Å²) in [4.78, 5) is 23.7. The molecule has 0 aliphatic carbocycles. The van der Waals surface area contributed by atoms with E-state index in [1.165, 1.54) is 31.4 Å².